The van der Waals surface area contributed by atoms with Gasteiger partial charge in [0.05, 0.1) is 23.6 Å². The van der Waals surface area contributed by atoms with Crippen molar-refractivity contribution in [1.82, 2.24) is 4.57 Å². The van der Waals surface area contributed by atoms with Gasteiger partial charge in [-0.15, -0.1) is 0 Å². The van der Waals surface area contributed by atoms with E-state index in [0.29, 0.717) is 24.1 Å². The summed E-state index contributed by atoms with van der Waals surface area (Å²) in [5, 5.41) is 0.555. The number of esters is 1. The molecule has 2 aromatic rings. The molecule has 178 valence electrons. The van der Waals surface area contributed by atoms with Crippen molar-refractivity contribution in [3.05, 3.63) is 64.4 Å². The van der Waals surface area contributed by atoms with Crippen molar-refractivity contribution in [2.45, 2.75) is 52.0 Å². The predicted octanol–water partition coefficient (Wildman–Crippen LogP) is 3.74. The molecular weight excluding hydrogens is 432 g/mol. The summed E-state index contributed by atoms with van der Waals surface area (Å²) >= 11 is 0. The predicted molar refractivity (Wildman–Crippen MR) is 130 cm³/mol. The van der Waals surface area contributed by atoms with Crippen molar-refractivity contribution in [3.63, 3.8) is 0 Å². The Labute approximate surface area is 198 Å². The number of aryl methyl sites for hydroxylation is 2. The number of ketones is 1. The summed E-state index contributed by atoms with van der Waals surface area (Å²) in [5.74, 6) is -1.87. The van der Waals surface area contributed by atoms with Crippen LogP contribution in [0, 0.1) is 0 Å². The lowest BCUT2D eigenvalue weighted by Crippen LogP contribution is -2.24. The molecule has 0 saturated heterocycles. The van der Waals surface area contributed by atoms with Crippen molar-refractivity contribution in [3.8, 4) is 5.75 Å². The van der Waals surface area contributed by atoms with Crippen molar-refractivity contribution >= 4 is 28.6 Å². The molecular formula is C27H30N2O5. The van der Waals surface area contributed by atoms with Crippen LogP contribution in [-0.2, 0) is 40.1 Å². The van der Waals surface area contributed by atoms with E-state index in [9.17, 15) is 14.4 Å². The van der Waals surface area contributed by atoms with Gasteiger partial charge in [0.2, 0.25) is 0 Å². The smallest absolute Gasteiger partial charge is 0.343 e. The Morgan fingerprint density at radius 3 is 2.68 bits per heavy atom. The number of fused-ring (bicyclic) bond motifs is 3. The lowest BCUT2D eigenvalue weighted by atomic mass is 9.88. The Morgan fingerprint density at radius 1 is 1.15 bits per heavy atom. The van der Waals surface area contributed by atoms with Crippen LogP contribution in [0.1, 0.15) is 53.4 Å². The Bertz CT molecular complexity index is 1250. The van der Waals surface area contributed by atoms with E-state index < -0.39 is 17.7 Å². The highest BCUT2D eigenvalue weighted by Crippen LogP contribution is 2.41. The van der Waals surface area contributed by atoms with Gasteiger partial charge in [-0.05, 0) is 61.3 Å². The zero-order chi connectivity index (χ0) is 24.2. The number of carbonyl (C=O) groups is 3. The molecule has 1 aromatic heterocycles. The highest BCUT2D eigenvalue weighted by molar-refractivity contribution is 6.45. The molecule has 1 amide bonds. The van der Waals surface area contributed by atoms with E-state index in [-0.39, 0.29) is 12.2 Å². The van der Waals surface area contributed by atoms with Crippen LogP contribution in [-0.4, -0.2) is 35.9 Å². The summed E-state index contributed by atoms with van der Waals surface area (Å²) in [6.45, 7) is 2.21. The first-order valence-corrected chi connectivity index (χ1v) is 11.7. The molecule has 0 fully saturated rings. The molecule has 1 heterocycles. The molecule has 34 heavy (non-hydrogen) atoms. The van der Waals surface area contributed by atoms with E-state index in [2.05, 4.69) is 28.9 Å². The number of primary amides is 1. The zero-order valence-electron chi connectivity index (χ0n) is 19.7. The molecule has 2 aliphatic carbocycles. The number of methoxy groups -OCH3 is 1. The number of hydrogen-bond acceptors (Lipinski definition) is 5. The first-order chi connectivity index (χ1) is 16.5. The Hall–Kier alpha value is -3.61. The van der Waals surface area contributed by atoms with Crippen LogP contribution in [0.15, 0.2) is 42.0 Å². The molecule has 0 radical (unpaired) electrons. The van der Waals surface area contributed by atoms with Gasteiger partial charge in [-0.2, -0.15) is 0 Å². The first-order valence-electron chi connectivity index (χ1n) is 11.7. The van der Waals surface area contributed by atoms with Crippen LogP contribution in [0.5, 0.6) is 5.75 Å². The number of allylic oxidation sites excluding steroid dienone is 6. The Kier molecular flexibility index (Phi) is 7.01. The van der Waals surface area contributed by atoms with E-state index in [4.69, 9.17) is 15.2 Å². The number of nitrogens with zero attached hydrogens (tertiary/aromatic N) is 1. The van der Waals surface area contributed by atoms with Crippen LogP contribution in [0.2, 0.25) is 0 Å². The van der Waals surface area contributed by atoms with Crippen molar-refractivity contribution < 1.29 is 23.9 Å². The normalized spacial score (nSPS) is 14.9. The monoisotopic (exact) mass is 462 g/mol. The van der Waals surface area contributed by atoms with Gasteiger partial charge in [-0.25, -0.2) is 4.79 Å². The van der Waals surface area contributed by atoms with Crippen LogP contribution in [0.3, 0.4) is 0 Å². The van der Waals surface area contributed by atoms with E-state index >= 15 is 0 Å². The largest absolute Gasteiger partial charge is 0.481 e. The van der Waals surface area contributed by atoms with E-state index in [0.717, 1.165) is 54.5 Å². The molecule has 0 spiro atoms. The van der Waals surface area contributed by atoms with Gasteiger partial charge >= 0.3 is 5.97 Å². The average molecular weight is 463 g/mol. The summed E-state index contributed by atoms with van der Waals surface area (Å²) < 4.78 is 12.8. The Balaban J connectivity index is 2.03. The van der Waals surface area contributed by atoms with E-state index in [1.165, 1.54) is 12.7 Å². The van der Waals surface area contributed by atoms with Crippen LogP contribution < -0.4 is 10.5 Å². The van der Waals surface area contributed by atoms with Gasteiger partial charge in [0.1, 0.15) is 5.75 Å². The van der Waals surface area contributed by atoms with Crippen molar-refractivity contribution in [2.24, 2.45) is 5.73 Å². The summed E-state index contributed by atoms with van der Waals surface area (Å²) in [5.41, 5.74) is 10.8. The number of amides is 1. The van der Waals surface area contributed by atoms with Crippen LogP contribution in [0.4, 0.5) is 0 Å². The fraction of sp³-hybridized carbons (Fsp3) is 0.370. The molecule has 0 aliphatic heterocycles. The molecule has 0 saturated carbocycles. The molecule has 1 aromatic carbocycles. The molecule has 0 unspecified atom stereocenters. The van der Waals surface area contributed by atoms with Crippen molar-refractivity contribution in [2.75, 3.05) is 13.7 Å². The maximum absolute atomic E-state index is 13.1. The van der Waals surface area contributed by atoms with E-state index in [1.807, 2.05) is 19.1 Å². The fourth-order valence-corrected chi connectivity index (χ4v) is 4.94. The third-order valence-electron chi connectivity index (χ3n) is 6.47. The molecule has 2 aliphatic rings. The van der Waals surface area contributed by atoms with Gasteiger partial charge in [0.25, 0.3) is 11.7 Å². The van der Waals surface area contributed by atoms with E-state index in [1.54, 1.807) is 0 Å². The van der Waals surface area contributed by atoms with Gasteiger partial charge in [0, 0.05) is 12.2 Å². The number of carbonyl (C=O) groups excluding carboxylic acids is 3. The summed E-state index contributed by atoms with van der Waals surface area (Å²) in [6, 6.07) is 1.91. The van der Waals surface area contributed by atoms with Crippen molar-refractivity contribution in [1.29, 1.82) is 0 Å². The highest BCUT2D eigenvalue weighted by Gasteiger charge is 2.31. The third-order valence-corrected chi connectivity index (χ3v) is 6.47. The first kappa shape index (κ1) is 23.5. The standard InChI is InChI=1S/C27H30N2O5/c1-3-20-23(26(31)27(28)32)24-21(34-16-22(30)33-2)14-18-12-8-9-13-19(18)25(24)29(20)15-17-10-6-4-5-7-11-17/h4,6-7,10-11,14H,3,5,8-9,12-13,15-16H2,1-2H3,(H2,28,32). The summed E-state index contributed by atoms with van der Waals surface area (Å²) in [4.78, 5) is 37.1. The second-order valence-corrected chi connectivity index (χ2v) is 8.57. The minimum atomic E-state index is -1.01. The number of rotatable bonds is 8. The lowest BCUT2D eigenvalue weighted by Gasteiger charge is -2.21. The maximum Gasteiger partial charge on any atom is 0.343 e. The number of ether oxygens (including phenoxy) is 2. The molecule has 7 nitrogen and oxygen atoms in total. The van der Waals surface area contributed by atoms with Gasteiger partial charge in [-0.3, -0.25) is 9.59 Å². The third kappa shape index (κ3) is 4.42. The quantitative estimate of drug-likeness (QED) is 0.366. The average Bonchev–Trinajstić information content (AvgIpc) is 2.97. The molecule has 4 rings (SSSR count). The van der Waals surface area contributed by atoms with Gasteiger partial charge in [-0.1, -0.05) is 37.3 Å². The SMILES string of the molecule is CCc1c(C(=O)C(N)=O)c2c(OCC(=O)OC)cc3c(c2n1CC1=CC=CCC=C1)CCCC3. The summed E-state index contributed by atoms with van der Waals surface area (Å²) in [7, 11) is 1.30. The van der Waals surface area contributed by atoms with Gasteiger partial charge < -0.3 is 19.8 Å². The maximum atomic E-state index is 13.1. The van der Waals surface area contributed by atoms with Gasteiger partial charge in [0.15, 0.2) is 6.61 Å². The zero-order valence-corrected chi connectivity index (χ0v) is 19.7. The minimum Gasteiger partial charge on any atom is -0.481 e. The molecule has 0 atom stereocenters. The summed E-state index contributed by atoms with van der Waals surface area (Å²) in [6.07, 6.45) is 15.6. The number of aromatic nitrogens is 1. The molecule has 0 bridgehead atoms. The molecule has 7 heteroatoms. The van der Waals surface area contributed by atoms with Crippen LogP contribution >= 0.6 is 0 Å². The highest BCUT2D eigenvalue weighted by atomic mass is 16.6. The van der Waals surface area contributed by atoms with Crippen LogP contribution in [0.25, 0.3) is 10.9 Å². The second kappa shape index (κ2) is 10.1. The number of Topliss-reactive ketones (excluding diaryl/α,β-unsaturated/α-hetero) is 1. The number of benzene rings is 1. The number of nitrogens with two attached hydrogens (primary N) is 1. The Morgan fingerprint density at radius 2 is 1.94 bits per heavy atom. The molecule has 2 N–H and O–H groups in total. The topological polar surface area (TPSA) is 101 Å². The lowest BCUT2D eigenvalue weighted by molar-refractivity contribution is -0.142. The minimum absolute atomic E-state index is 0.270. The number of hydrogen-bond donors (Lipinski definition) is 1. The fourth-order valence-electron chi connectivity index (χ4n) is 4.94. The second-order valence-electron chi connectivity index (χ2n) is 8.57.